The Kier molecular flexibility index (Phi) is 8.19. The number of halogens is 2. The zero-order chi connectivity index (χ0) is 18.4. The van der Waals surface area contributed by atoms with Gasteiger partial charge in [0.05, 0.1) is 18.2 Å². The largest absolute Gasteiger partial charge is 0.392 e. The first-order chi connectivity index (χ1) is 11.9. The Morgan fingerprint density at radius 2 is 1.81 bits per heavy atom. The van der Waals surface area contributed by atoms with Gasteiger partial charge in [0.1, 0.15) is 11.4 Å². The molecule has 0 saturated heterocycles. The van der Waals surface area contributed by atoms with Crippen LogP contribution in [0.25, 0.3) is 0 Å². The van der Waals surface area contributed by atoms with E-state index in [1.165, 1.54) is 24.3 Å². The van der Waals surface area contributed by atoms with Crippen molar-refractivity contribution < 1.29 is 14.6 Å². The van der Waals surface area contributed by atoms with Gasteiger partial charge in [-0.25, -0.2) is 4.39 Å². The minimum absolute atomic E-state index is 0. The predicted octanol–water partition coefficient (Wildman–Crippen LogP) is 3.19. The number of aliphatic hydroxyl groups excluding tert-OH is 1. The summed E-state index contributed by atoms with van der Waals surface area (Å²) in [6, 6.07) is 12.7. The van der Waals surface area contributed by atoms with E-state index in [4.69, 9.17) is 0 Å². The van der Waals surface area contributed by atoms with Crippen LogP contribution in [0.1, 0.15) is 35.1 Å². The van der Waals surface area contributed by atoms with Gasteiger partial charge in [-0.05, 0) is 62.8 Å². The molecule has 2 aromatic carbocycles. The first-order valence-electron chi connectivity index (χ1n) is 8.19. The topological polar surface area (TPSA) is 67.5 Å². The molecular weight excluding hydrogens is 355 g/mol. The fourth-order valence-electron chi connectivity index (χ4n) is 3.10. The van der Waals surface area contributed by atoms with E-state index < -0.39 is 11.4 Å². The second-order valence-corrected chi connectivity index (χ2v) is 6.38. The maximum Gasteiger partial charge on any atom is 0.123 e. The lowest BCUT2D eigenvalue weighted by Crippen LogP contribution is -2.31. The van der Waals surface area contributed by atoms with Gasteiger partial charge in [0.2, 0.25) is 0 Å². The third-order valence-electron chi connectivity index (χ3n) is 4.32. The maximum absolute atomic E-state index is 13.3. The number of benzene rings is 2. The first kappa shape index (κ1) is 22.1. The summed E-state index contributed by atoms with van der Waals surface area (Å²) in [7, 11) is 3.89. The molecule has 0 aliphatic rings. The molecule has 1 atom stereocenters. The van der Waals surface area contributed by atoms with Crippen LogP contribution in [-0.4, -0.2) is 35.8 Å². The van der Waals surface area contributed by atoms with Crippen molar-refractivity contribution in [3.05, 3.63) is 70.5 Å². The van der Waals surface area contributed by atoms with Crippen LogP contribution in [0.3, 0.4) is 0 Å². The molecule has 1 unspecified atom stereocenters. The van der Waals surface area contributed by atoms with Gasteiger partial charge in [-0.1, -0.05) is 24.3 Å². The molecule has 0 spiro atoms. The summed E-state index contributed by atoms with van der Waals surface area (Å²) in [4.78, 5) is 2.01. The summed E-state index contributed by atoms with van der Waals surface area (Å²) in [5.41, 5.74) is 0.225. The normalized spacial score (nSPS) is 13.0. The van der Waals surface area contributed by atoms with E-state index in [2.05, 4.69) is 6.07 Å². The molecule has 2 rings (SSSR count). The second kappa shape index (κ2) is 9.65. The molecule has 0 radical (unpaired) electrons. The molecule has 4 nitrogen and oxygen atoms in total. The molecule has 0 aromatic heterocycles. The quantitative estimate of drug-likeness (QED) is 0.776. The van der Waals surface area contributed by atoms with Crippen LogP contribution in [0.5, 0.6) is 0 Å². The summed E-state index contributed by atoms with van der Waals surface area (Å²) in [6.45, 7) is 0.467. The molecule has 0 heterocycles. The highest BCUT2D eigenvalue weighted by Gasteiger charge is 2.35. The van der Waals surface area contributed by atoms with E-state index in [9.17, 15) is 19.9 Å². The summed E-state index contributed by atoms with van der Waals surface area (Å²) in [5.74, 6) is -0.393. The lowest BCUT2D eigenvalue weighted by molar-refractivity contribution is 0.0638. The van der Waals surface area contributed by atoms with E-state index >= 15 is 0 Å². The van der Waals surface area contributed by atoms with Gasteiger partial charge in [0, 0.05) is 5.56 Å². The van der Waals surface area contributed by atoms with Crippen molar-refractivity contribution in [2.24, 2.45) is 0 Å². The number of nitriles is 1. The molecule has 0 saturated carbocycles. The second-order valence-electron chi connectivity index (χ2n) is 6.38. The Morgan fingerprint density at radius 3 is 2.35 bits per heavy atom. The Balaban J connectivity index is 0.00000338. The van der Waals surface area contributed by atoms with Crippen LogP contribution >= 0.6 is 12.4 Å². The van der Waals surface area contributed by atoms with Gasteiger partial charge < -0.3 is 15.1 Å². The van der Waals surface area contributed by atoms with E-state index in [-0.39, 0.29) is 19.0 Å². The lowest BCUT2D eigenvalue weighted by Gasteiger charge is -2.32. The zero-order valence-electron chi connectivity index (χ0n) is 14.9. The predicted molar refractivity (Wildman–Crippen MR) is 102 cm³/mol. The fourth-order valence-corrected chi connectivity index (χ4v) is 3.10. The highest BCUT2D eigenvalue weighted by Crippen LogP contribution is 2.38. The number of aliphatic hydroxyl groups is 2. The molecule has 2 aromatic rings. The molecule has 140 valence electrons. The Hall–Kier alpha value is -1.97. The van der Waals surface area contributed by atoms with Crippen molar-refractivity contribution in [2.45, 2.75) is 25.0 Å². The van der Waals surface area contributed by atoms with E-state index in [0.717, 1.165) is 6.54 Å². The Labute approximate surface area is 159 Å². The smallest absolute Gasteiger partial charge is 0.123 e. The Bertz CT molecular complexity index is 759. The van der Waals surface area contributed by atoms with Gasteiger partial charge in [-0.2, -0.15) is 5.26 Å². The third-order valence-corrected chi connectivity index (χ3v) is 4.32. The summed E-state index contributed by atoms with van der Waals surface area (Å²) < 4.78 is 13.3. The molecule has 0 fully saturated rings. The van der Waals surface area contributed by atoms with Crippen molar-refractivity contribution in [1.82, 2.24) is 4.90 Å². The van der Waals surface area contributed by atoms with Gasteiger partial charge in [0.15, 0.2) is 0 Å². The summed E-state index contributed by atoms with van der Waals surface area (Å²) >= 11 is 0. The molecule has 0 amide bonds. The average molecular weight is 379 g/mol. The van der Waals surface area contributed by atoms with Crippen LogP contribution in [-0.2, 0) is 12.2 Å². The van der Waals surface area contributed by atoms with Crippen LogP contribution < -0.4 is 0 Å². The van der Waals surface area contributed by atoms with Crippen molar-refractivity contribution in [2.75, 3.05) is 20.6 Å². The van der Waals surface area contributed by atoms with Crippen molar-refractivity contribution in [3.63, 3.8) is 0 Å². The molecule has 2 N–H and O–H groups in total. The van der Waals surface area contributed by atoms with E-state index in [0.29, 0.717) is 35.1 Å². The number of rotatable bonds is 7. The van der Waals surface area contributed by atoms with Gasteiger partial charge in [-0.3, -0.25) is 0 Å². The molecule has 0 aliphatic heterocycles. The first-order valence-corrected chi connectivity index (χ1v) is 8.19. The molecule has 26 heavy (non-hydrogen) atoms. The van der Waals surface area contributed by atoms with Crippen molar-refractivity contribution in [1.29, 1.82) is 5.26 Å². The monoisotopic (exact) mass is 378 g/mol. The van der Waals surface area contributed by atoms with Crippen molar-refractivity contribution >= 4 is 12.4 Å². The molecular formula is C20H24ClFN2O2. The van der Waals surface area contributed by atoms with Crippen LogP contribution in [0.4, 0.5) is 4.39 Å². The molecule has 0 aliphatic carbocycles. The van der Waals surface area contributed by atoms with Gasteiger partial charge in [-0.15, -0.1) is 12.4 Å². The number of hydrogen-bond acceptors (Lipinski definition) is 4. The summed E-state index contributed by atoms with van der Waals surface area (Å²) in [5, 5.41) is 30.8. The van der Waals surface area contributed by atoms with E-state index in [1.807, 2.05) is 19.0 Å². The Morgan fingerprint density at radius 1 is 1.15 bits per heavy atom. The maximum atomic E-state index is 13.3. The number of hydrogen-bond donors (Lipinski definition) is 2. The zero-order valence-corrected chi connectivity index (χ0v) is 15.8. The van der Waals surface area contributed by atoms with Crippen LogP contribution in [0.2, 0.25) is 0 Å². The standard InChI is InChI=1S/C20H23FN2O2.ClH/c1-23(2)12-4-11-20(25,17-7-9-18(21)10-8-17)19-15(13-22)5-3-6-16(19)14-24;/h3,5-10,24-25H,4,11-12,14H2,1-2H3;1H. The van der Waals surface area contributed by atoms with Crippen LogP contribution in [0.15, 0.2) is 42.5 Å². The lowest BCUT2D eigenvalue weighted by atomic mass is 9.78. The average Bonchev–Trinajstić information content (AvgIpc) is 2.61. The minimum atomic E-state index is -1.48. The fraction of sp³-hybridized carbons (Fsp3) is 0.350. The van der Waals surface area contributed by atoms with Crippen molar-refractivity contribution in [3.8, 4) is 6.07 Å². The SMILES string of the molecule is CN(C)CCCC(O)(c1ccc(F)cc1)c1c(C#N)cccc1CO.Cl. The summed E-state index contributed by atoms with van der Waals surface area (Å²) in [6.07, 6.45) is 1.02. The van der Waals surface area contributed by atoms with Gasteiger partial charge in [0.25, 0.3) is 0 Å². The molecule has 6 heteroatoms. The highest BCUT2D eigenvalue weighted by atomic mass is 35.5. The third kappa shape index (κ3) is 4.80. The highest BCUT2D eigenvalue weighted by molar-refractivity contribution is 5.85. The van der Waals surface area contributed by atoms with E-state index in [1.54, 1.807) is 18.2 Å². The number of nitrogens with zero attached hydrogens (tertiary/aromatic N) is 2. The van der Waals surface area contributed by atoms with Crippen LogP contribution in [0, 0.1) is 17.1 Å². The minimum Gasteiger partial charge on any atom is -0.392 e. The molecule has 0 bridgehead atoms. The van der Waals surface area contributed by atoms with Gasteiger partial charge >= 0.3 is 0 Å².